The molecule has 1 unspecified atom stereocenters. The molecule has 1 aliphatic rings. The fourth-order valence-electron chi connectivity index (χ4n) is 5.91. The molecule has 0 bridgehead atoms. The van der Waals surface area contributed by atoms with Crippen LogP contribution in [-0.4, -0.2) is 57.6 Å². The molecule has 11 nitrogen and oxygen atoms in total. The average Bonchev–Trinajstić information content (AvgIpc) is 3.05. The number of benzene rings is 3. The van der Waals surface area contributed by atoms with Gasteiger partial charge in [-0.15, -0.1) is 0 Å². The first-order valence-electron chi connectivity index (χ1n) is 14.6. The van der Waals surface area contributed by atoms with Crippen LogP contribution in [0.5, 0.6) is 17.5 Å². The molecule has 1 saturated heterocycles. The highest BCUT2D eigenvalue weighted by Gasteiger charge is 2.31. The highest BCUT2D eigenvalue weighted by molar-refractivity contribution is 7.71. The third kappa shape index (κ3) is 5.93. The van der Waals surface area contributed by atoms with E-state index in [0.29, 0.717) is 42.4 Å². The normalized spacial score (nSPS) is 14.2. The van der Waals surface area contributed by atoms with Crippen molar-refractivity contribution in [2.75, 3.05) is 33.4 Å². The zero-order chi connectivity index (χ0) is 32.4. The number of morpholine rings is 1. The summed E-state index contributed by atoms with van der Waals surface area (Å²) in [4.78, 5) is 34.2. The van der Waals surface area contributed by atoms with E-state index < -0.39 is 28.8 Å². The van der Waals surface area contributed by atoms with E-state index in [0.717, 1.165) is 18.7 Å². The van der Waals surface area contributed by atoms with Gasteiger partial charge in [0.1, 0.15) is 25.4 Å². The summed E-state index contributed by atoms with van der Waals surface area (Å²) in [7, 11) is 1.57. The first-order chi connectivity index (χ1) is 22.3. The lowest BCUT2D eigenvalue weighted by Gasteiger charge is -2.28. The Balaban J connectivity index is 1.66. The number of nitrogens with one attached hydrogen (secondary N) is 3. The van der Waals surface area contributed by atoms with E-state index in [2.05, 4.69) is 9.97 Å². The van der Waals surface area contributed by atoms with E-state index >= 15 is 0 Å². The van der Waals surface area contributed by atoms with Gasteiger partial charge in [-0.05, 0) is 72.3 Å². The number of hydrogen-bond donors (Lipinski definition) is 4. The van der Waals surface area contributed by atoms with Crippen molar-refractivity contribution >= 4 is 24.4 Å². The number of quaternary nitrogens is 1. The second-order valence-corrected chi connectivity index (χ2v) is 11.6. The summed E-state index contributed by atoms with van der Waals surface area (Å²) >= 11 is 10.9. The lowest BCUT2D eigenvalue weighted by molar-refractivity contribution is -0.921. The van der Waals surface area contributed by atoms with Crippen LogP contribution in [0.2, 0.25) is 0 Å². The molecule has 0 radical (unpaired) electrons. The molecule has 0 spiro atoms. The molecular weight excluding hydrogens is 627 g/mol. The number of hydrogen-bond acceptors (Lipinski definition) is 8. The van der Waals surface area contributed by atoms with Crippen molar-refractivity contribution in [3.05, 3.63) is 131 Å². The van der Waals surface area contributed by atoms with E-state index in [1.165, 1.54) is 14.0 Å². The van der Waals surface area contributed by atoms with Crippen LogP contribution in [0.3, 0.4) is 0 Å². The zero-order valence-corrected chi connectivity index (χ0v) is 26.5. The van der Waals surface area contributed by atoms with Gasteiger partial charge in [-0.25, -0.2) is 0 Å². The third-order valence-corrected chi connectivity index (χ3v) is 8.68. The molecule has 0 saturated carbocycles. The highest BCUT2D eigenvalue weighted by atomic mass is 32.1. The predicted octanol–water partition coefficient (Wildman–Crippen LogP) is 2.49. The lowest BCUT2D eigenvalue weighted by atomic mass is 9.85. The first-order valence-corrected chi connectivity index (χ1v) is 15.4. The molecule has 1 fully saturated rings. The second-order valence-electron chi connectivity index (χ2n) is 10.9. The number of aromatic hydroxyl groups is 1. The van der Waals surface area contributed by atoms with Gasteiger partial charge in [0.15, 0.2) is 9.54 Å². The summed E-state index contributed by atoms with van der Waals surface area (Å²) in [5.41, 5.74) is 0.0620. The van der Waals surface area contributed by atoms with Crippen molar-refractivity contribution in [2.24, 2.45) is 0 Å². The molecule has 4 N–H and O–H groups in total. The Morgan fingerprint density at radius 1 is 0.891 bits per heavy atom. The van der Waals surface area contributed by atoms with Crippen molar-refractivity contribution in [1.29, 1.82) is 0 Å². The fourth-order valence-corrected chi connectivity index (χ4v) is 6.48. The molecule has 3 aromatic carbocycles. The Labute approximate surface area is 273 Å². The molecule has 5 aromatic rings. The van der Waals surface area contributed by atoms with E-state index in [9.17, 15) is 19.8 Å². The lowest BCUT2D eigenvalue weighted by Crippen LogP contribution is -3.12. The Bertz CT molecular complexity index is 2000. The summed E-state index contributed by atoms with van der Waals surface area (Å²) in [6.07, 6.45) is 0. The molecule has 46 heavy (non-hydrogen) atoms. The maximum Gasteiger partial charge on any atom is 0.259 e. The van der Waals surface area contributed by atoms with Gasteiger partial charge in [0, 0.05) is 16.8 Å². The minimum Gasteiger partial charge on any atom is -0.859 e. The number of aromatic amines is 2. The number of nitrogens with zero attached hydrogens (tertiary/aromatic N) is 2. The van der Waals surface area contributed by atoms with E-state index in [4.69, 9.17) is 33.9 Å². The van der Waals surface area contributed by atoms with Crippen LogP contribution in [0.4, 0.5) is 0 Å². The third-order valence-electron chi connectivity index (χ3n) is 8.11. The summed E-state index contributed by atoms with van der Waals surface area (Å²) in [6.45, 7) is 3.39. The van der Waals surface area contributed by atoms with Crippen molar-refractivity contribution in [2.45, 2.75) is 12.5 Å². The topological polar surface area (TPSA) is 142 Å². The van der Waals surface area contributed by atoms with Gasteiger partial charge in [-0.3, -0.25) is 24.1 Å². The minimum atomic E-state index is -1.33. The van der Waals surface area contributed by atoms with Gasteiger partial charge in [0.2, 0.25) is 5.88 Å². The smallest absolute Gasteiger partial charge is 0.259 e. The summed E-state index contributed by atoms with van der Waals surface area (Å²) < 4.78 is 13.6. The maximum absolute atomic E-state index is 14.4. The number of aromatic nitrogens is 4. The Morgan fingerprint density at radius 3 is 2.07 bits per heavy atom. The van der Waals surface area contributed by atoms with Crippen molar-refractivity contribution in [3.63, 3.8) is 0 Å². The Hall–Kier alpha value is -4.82. The molecule has 236 valence electrons. The molecule has 13 heteroatoms. The van der Waals surface area contributed by atoms with E-state index in [1.807, 2.05) is 6.07 Å². The number of rotatable bonds is 8. The zero-order valence-electron chi connectivity index (χ0n) is 24.8. The minimum absolute atomic E-state index is 0.0564. The fraction of sp³-hybridized carbons (Fsp3) is 0.212. The molecule has 3 heterocycles. The van der Waals surface area contributed by atoms with Crippen LogP contribution in [0.25, 0.3) is 11.4 Å². The van der Waals surface area contributed by atoms with E-state index in [-0.39, 0.29) is 20.7 Å². The molecule has 1 aliphatic heterocycles. The van der Waals surface area contributed by atoms with Crippen molar-refractivity contribution < 1.29 is 24.6 Å². The van der Waals surface area contributed by atoms with Gasteiger partial charge in [-0.1, -0.05) is 42.5 Å². The first kappa shape index (κ1) is 31.2. The molecule has 6 rings (SSSR count). The van der Waals surface area contributed by atoms with Gasteiger partial charge < -0.3 is 29.2 Å². The van der Waals surface area contributed by atoms with Crippen LogP contribution in [-0.2, 0) is 11.3 Å². The van der Waals surface area contributed by atoms with Gasteiger partial charge in [-0.2, -0.15) is 0 Å². The Morgan fingerprint density at radius 2 is 1.46 bits per heavy atom. The van der Waals surface area contributed by atoms with Crippen molar-refractivity contribution in [3.8, 4) is 28.9 Å². The number of ether oxygens (including phenoxy) is 2. The highest BCUT2D eigenvalue weighted by Crippen LogP contribution is 2.39. The number of para-hydroxylation sites is 2. The monoisotopic (exact) mass is 657 g/mol. The van der Waals surface area contributed by atoms with Crippen LogP contribution in [0.1, 0.15) is 28.2 Å². The molecule has 1 atom stereocenters. The standard InChI is InChI=1S/C33H31N5O6S2/c1-43-24-13-12-20(18-21(24)19-36-14-16-44-17-15-36)25(26-28(39)34-32(45)37(30(26)41)22-8-4-2-5-9-22)27-29(40)35-33(46)38(31(27)42)23-10-6-3-7-11-23/h2-13,18,25,41-42H,14-17,19H2,1H3,(H,34,39,45)(H,35,40,46). The van der Waals surface area contributed by atoms with Gasteiger partial charge in [0.25, 0.3) is 11.1 Å². The number of methoxy groups -OCH3 is 1. The van der Waals surface area contributed by atoms with Crippen LogP contribution >= 0.6 is 24.4 Å². The molecule has 0 aliphatic carbocycles. The number of H-pyrrole nitrogens is 2. The predicted molar refractivity (Wildman–Crippen MR) is 175 cm³/mol. The molecular formula is C33H31N5O6S2. The summed E-state index contributed by atoms with van der Waals surface area (Å²) in [6, 6.07) is 22.6. The largest absolute Gasteiger partial charge is 0.859 e. The second kappa shape index (κ2) is 13.3. The van der Waals surface area contributed by atoms with Crippen LogP contribution in [0, 0.1) is 9.54 Å². The summed E-state index contributed by atoms with van der Waals surface area (Å²) in [5.74, 6) is -1.96. The van der Waals surface area contributed by atoms with Crippen molar-refractivity contribution in [1.82, 2.24) is 19.1 Å². The van der Waals surface area contributed by atoms with Crippen LogP contribution in [0.15, 0.2) is 88.5 Å². The van der Waals surface area contributed by atoms with Gasteiger partial charge >= 0.3 is 0 Å². The van der Waals surface area contributed by atoms with Crippen LogP contribution < -0.4 is 25.9 Å². The van der Waals surface area contributed by atoms with Gasteiger partial charge in [0.05, 0.1) is 37.5 Å². The van der Waals surface area contributed by atoms with E-state index in [1.54, 1.807) is 79.9 Å². The molecule has 0 amide bonds. The quantitative estimate of drug-likeness (QED) is 0.187. The Kier molecular flexibility index (Phi) is 8.99. The average molecular weight is 658 g/mol. The summed E-state index contributed by atoms with van der Waals surface area (Å²) in [5, 5.41) is 26.2. The maximum atomic E-state index is 14.4. The molecule has 2 aromatic heterocycles. The SMILES string of the molecule is COc1ccc(C(c2c([O-])n(-c3ccccc3)c(=S)[nH]c2=O)c2c(O)n(-c3ccccc3)c(=S)[nH]c2=O)cc1C[NH+]1CCOCC1.